The molecule has 0 fully saturated rings. The van der Waals surface area contributed by atoms with Crippen LogP contribution in [0, 0.1) is 0 Å². The fourth-order valence-electron chi connectivity index (χ4n) is 2.32. The molecule has 0 aliphatic carbocycles. The Labute approximate surface area is 134 Å². The predicted molar refractivity (Wildman–Crippen MR) is 90.2 cm³/mol. The Hall–Kier alpha value is -0.830. The Bertz CT molecular complexity index is 553. The van der Waals surface area contributed by atoms with E-state index in [1.54, 1.807) is 0 Å². The summed E-state index contributed by atoms with van der Waals surface area (Å²) >= 11 is 9.47. The lowest BCUT2D eigenvalue weighted by Gasteiger charge is -2.23. The summed E-state index contributed by atoms with van der Waals surface area (Å²) in [6.45, 7) is 4.39. The average molecular weight is 353 g/mol. The fourth-order valence-corrected chi connectivity index (χ4v) is 2.87. The molecule has 0 saturated carbocycles. The van der Waals surface area contributed by atoms with E-state index >= 15 is 0 Å². The molecule has 0 amide bonds. The molecule has 2 aromatic rings. The van der Waals surface area contributed by atoms with Crippen LogP contribution in [0.1, 0.15) is 43.5 Å². The second kappa shape index (κ2) is 7.26. The molecule has 2 atom stereocenters. The molecule has 0 radical (unpaired) electrons. The summed E-state index contributed by atoms with van der Waals surface area (Å²) < 4.78 is 1.12. The van der Waals surface area contributed by atoms with Crippen LogP contribution in [0.3, 0.4) is 0 Å². The van der Waals surface area contributed by atoms with E-state index in [0.717, 1.165) is 15.9 Å². The lowest BCUT2D eigenvalue weighted by atomic mass is 10.0. The Morgan fingerprint density at radius 2 is 1.80 bits per heavy atom. The van der Waals surface area contributed by atoms with Crippen molar-refractivity contribution < 1.29 is 0 Å². The fraction of sp³-hybridized carbons (Fsp3) is 0.294. The smallest absolute Gasteiger partial charge is 0.0406 e. The molecule has 0 spiro atoms. The molecule has 3 heteroatoms. The average Bonchev–Trinajstić information content (AvgIpc) is 2.45. The first-order chi connectivity index (χ1) is 9.60. The minimum atomic E-state index is 0.288. The zero-order valence-corrected chi connectivity index (χ0v) is 14.1. The normalized spacial score (nSPS) is 14.0. The highest BCUT2D eigenvalue weighted by atomic mass is 79.9. The predicted octanol–water partition coefficient (Wildman–Crippen LogP) is 5.90. The maximum absolute atomic E-state index is 5.94. The van der Waals surface area contributed by atoms with Gasteiger partial charge in [0.05, 0.1) is 0 Å². The molecule has 106 valence electrons. The molecular weight excluding hydrogens is 334 g/mol. The Morgan fingerprint density at radius 3 is 2.40 bits per heavy atom. The minimum absolute atomic E-state index is 0.288. The molecule has 0 aliphatic heterocycles. The zero-order valence-electron chi connectivity index (χ0n) is 11.7. The van der Waals surface area contributed by atoms with Gasteiger partial charge in [-0.2, -0.15) is 0 Å². The molecule has 1 nitrogen and oxygen atoms in total. The van der Waals surface area contributed by atoms with Gasteiger partial charge in [0, 0.05) is 21.6 Å². The third-order valence-electron chi connectivity index (χ3n) is 3.48. The molecule has 0 aliphatic rings. The molecule has 0 bridgehead atoms. The van der Waals surface area contributed by atoms with E-state index in [2.05, 4.69) is 71.5 Å². The number of benzene rings is 2. The van der Waals surface area contributed by atoms with Gasteiger partial charge in [0.1, 0.15) is 0 Å². The van der Waals surface area contributed by atoms with Gasteiger partial charge in [0.2, 0.25) is 0 Å². The maximum Gasteiger partial charge on any atom is 0.0406 e. The minimum Gasteiger partial charge on any atom is -0.303 e. The van der Waals surface area contributed by atoms with E-state index in [1.165, 1.54) is 11.1 Å². The number of rotatable bonds is 5. The summed E-state index contributed by atoms with van der Waals surface area (Å²) in [5.41, 5.74) is 2.56. The van der Waals surface area contributed by atoms with Gasteiger partial charge in [-0.1, -0.05) is 58.7 Å². The quantitative estimate of drug-likeness (QED) is 0.706. The van der Waals surface area contributed by atoms with Crippen molar-refractivity contribution in [2.24, 2.45) is 0 Å². The third kappa shape index (κ3) is 4.08. The number of hydrogen-bond acceptors (Lipinski definition) is 1. The Balaban J connectivity index is 2.11. The number of nitrogens with one attached hydrogen (secondary N) is 1. The second-order valence-electron chi connectivity index (χ2n) is 4.96. The third-order valence-corrected chi connectivity index (χ3v) is 4.23. The molecule has 0 saturated heterocycles. The van der Waals surface area contributed by atoms with Crippen LogP contribution in [0.5, 0.6) is 0 Å². The van der Waals surface area contributed by atoms with E-state index in [9.17, 15) is 0 Å². The van der Waals surface area contributed by atoms with Gasteiger partial charge in [-0.25, -0.2) is 0 Å². The van der Waals surface area contributed by atoms with Crippen molar-refractivity contribution in [3.8, 4) is 0 Å². The van der Waals surface area contributed by atoms with Crippen LogP contribution >= 0.6 is 27.5 Å². The lowest BCUT2D eigenvalue weighted by Crippen LogP contribution is -2.24. The van der Waals surface area contributed by atoms with Gasteiger partial charge in [0.25, 0.3) is 0 Å². The molecule has 2 unspecified atom stereocenters. The van der Waals surface area contributed by atoms with Crippen molar-refractivity contribution in [3.63, 3.8) is 0 Å². The summed E-state index contributed by atoms with van der Waals surface area (Å²) in [6.07, 6.45) is 1.05. The van der Waals surface area contributed by atoms with Crippen LogP contribution in [0.2, 0.25) is 5.02 Å². The summed E-state index contributed by atoms with van der Waals surface area (Å²) in [5, 5.41) is 4.46. The standard InChI is InChI=1S/C17H19BrClN/c1-3-17(14-5-4-6-15(18)11-14)20-12(2)13-7-9-16(19)10-8-13/h4-12,17,20H,3H2,1-2H3. The first kappa shape index (κ1) is 15.6. The van der Waals surface area contributed by atoms with Gasteiger partial charge in [-0.15, -0.1) is 0 Å². The molecule has 1 N–H and O–H groups in total. The van der Waals surface area contributed by atoms with Gasteiger partial charge < -0.3 is 5.32 Å². The zero-order chi connectivity index (χ0) is 14.5. The van der Waals surface area contributed by atoms with Crippen molar-refractivity contribution in [3.05, 3.63) is 69.2 Å². The molecular formula is C17H19BrClN. The molecule has 20 heavy (non-hydrogen) atoms. The maximum atomic E-state index is 5.94. The van der Waals surface area contributed by atoms with Crippen molar-refractivity contribution in [1.29, 1.82) is 0 Å². The highest BCUT2D eigenvalue weighted by Gasteiger charge is 2.13. The first-order valence-corrected chi connectivity index (χ1v) is 8.04. The van der Waals surface area contributed by atoms with Crippen LogP contribution in [-0.4, -0.2) is 0 Å². The van der Waals surface area contributed by atoms with Crippen LogP contribution in [-0.2, 0) is 0 Å². The summed E-state index contributed by atoms with van der Waals surface area (Å²) in [4.78, 5) is 0. The largest absolute Gasteiger partial charge is 0.303 e. The molecule has 2 rings (SSSR count). The second-order valence-corrected chi connectivity index (χ2v) is 6.31. The van der Waals surface area contributed by atoms with Gasteiger partial charge in [-0.3, -0.25) is 0 Å². The highest BCUT2D eigenvalue weighted by molar-refractivity contribution is 9.10. The van der Waals surface area contributed by atoms with Gasteiger partial charge in [0.15, 0.2) is 0 Å². The lowest BCUT2D eigenvalue weighted by molar-refractivity contribution is 0.456. The monoisotopic (exact) mass is 351 g/mol. The van der Waals surface area contributed by atoms with Crippen molar-refractivity contribution in [1.82, 2.24) is 5.32 Å². The molecule has 2 aromatic carbocycles. The van der Waals surface area contributed by atoms with Gasteiger partial charge >= 0.3 is 0 Å². The van der Waals surface area contributed by atoms with Crippen molar-refractivity contribution in [2.75, 3.05) is 0 Å². The topological polar surface area (TPSA) is 12.0 Å². The van der Waals surface area contributed by atoms with E-state index < -0.39 is 0 Å². The van der Waals surface area contributed by atoms with Crippen LogP contribution in [0.15, 0.2) is 53.0 Å². The Morgan fingerprint density at radius 1 is 1.10 bits per heavy atom. The van der Waals surface area contributed by atoms with Crippen molar-refractivity contribution >= 4 is 27.5 Å². The SMILES string of the molecule is CCC(NC(C)c1ccc(Cl)cc1)c1cccc(Br)c1. The summed E-state index contributed by atoms with van der Waals surface area (Å²) in [5.74, 6) is 0. The van der Waals surface area contributed by atoms with E-state index in [1.807, 2.05) is 12.1 Å². The van der Waals surface area contributed by atoms with Gasteiger partial charge in [-0.05, 0) is 48.7 Å². The van der Waals surface area contributed by atoms with Crippen LogP contribution < -0.4 is 5.32 Å². The molecule has 0 heterocycles. The van der Waals surface area contributed by atoms with E-state index in [0.29, 0.717) is 6.04 Å². The first-order valence-electron chi connectivity index (χ1n) is 6.87. The summed E-state index contributed by atoms with van der Waals surface area (Å²) in [7, 11) is 0. The van der Waals surface area contributed by atoms with Crippen LogP contribution in [0.4, 0.5) is 0 Å². The van der Waals surface area contributed by atoms with E-state index in [-0.39, 0.29) is 6.04 Å². The van der Waals surface area contributed by atoms with E-state index in [4.69, 9.17) is 11.6 Å². The number of halogens is 2. The number of hydrogen-bond donors (Lipinski definition) is 1. The van der Waals surface area contributed by atoms with Crippen LogP contribution in [0.25, 0.3) is 0 Å². The Kier molecular flexibility index (Phi) is 5.64. The van der Waals surface area contributed by atoms with Crippen molar-refractivity contribution in [2.45, 2.75) is 32.4 Å². The highest BCUT2D eigenvalue weighted by Crippen LogP contribution is 2.25. The molecule has 0 aromatic heterocycles. The summed E-state index contributed by atoms with van der Waals surface area (Å²) in [6, 6.07) is 17.1.